The van der Waals surface area contributed by atoms with E-state index in [-0.39, 0.29) is 5.91 Å². The van der Waals surface area contributed by atoms with Crippen molar-refractivity contribution in [1.82, 2.24) is 0 Å². The quantitative estimate of drug-likeness (QED) is 0.716. The van der Waals surface area contributed by atoms with Crippen LogP contribution in [0, 0.1) is 25.2 Å². The lowest BCUT2D eigenvalue weighted by atomic mass is 10.1. The minimum atomic E-state index is -0.217. The largest absolute Gasteiger partial charge is 0.494 e. The minimum absolute atomic E-state index is 0.217. The summed E-state index contributed by atoms with van der Waals surface area (Å²) in [6.45, 7) is 6.69. The third-order valence-corrected chi connectivity index (χ3v) is 4.98. The molecule has 0 saturated carbocycles. The zero-order valence-corrected chi connectivity index (χ0v) is 15.1. The van der Waals surface area contributed by atoms with Crippen LogP contribution < -0.4 is 10.1 Å². The van der Waals surface area contributed by atoms with Crippen molar-refractivity contribution in [2.75, 3.05) is 11.9 Å². The number of nitriles is 1. The van der Waals surface area contributed by atoms with Gasteiger partial charge in [0.15, 0.2) is 0 Å². The Balaban J connectivity index is 2.00. The van der Waals surface area contributed by atoms with Crippen molar-refractivity contribution in [2.45, 2.75) is 40.0 Å². The van der Waals surface area contributed by atoms with Gasteiger partial charge in [0, 0.05) is 10.4 Å². The van der Waals surface area contributed by atoms with Crippen LogP contribution in [0.4, 0.5) is 5.00 Å². The Kier molecular flexibility index (Phi) is 6.39. The highest BCUT2D eigenvalue weighted by Crippen LogP contribution is 2.32. The highest BCUT2D eigenvalue weighted by Gasteiger charge is 2.15. The maximum absolute atomic E-state index is 12.4. The molecule has 0 spiro atoms. The first-order chi connectivity index (χ1) is 11.6. The molecular weight excluding hydrogens is 320 g/mol. The van der Waals surface area contributed by atoms with Crippen molar-refractivity contribution in [3.05, 3.63) is 45.8 Å². The number of rotatable bonds is 7. The fourth-order valence-electron chi connectivity index (χ4n) is 2.27. The number of ether oxygens (including phenoxy) is 1. The number of carbonyl (C=O) groups excluding carboxylic acids is 1. The average molecular weight is 342 g/mol. The summed E-state index contributed by atoms with van der Waals surface area (Å²) >= 11 is 1.43. The number of carbonyl (C=O) groups is 1. The third-order valence-electron chi connectivity index (χ3n) is 3.86. The molecular formula is C19H22N2O2S. The molecule has 4 nitrogen and oxygen atoms in total. The van der Waals surface area contributed by atoms with Gasteiger partial charge in [-0.1, -0.05) is 19.8 Å². The number of nitrogens with one attached hydrogen (secondary N) is 1. The lowest BCUT2D eigenvalue weighted by Gasteiger charge is -2.07. The van der Waals surface area contributed by atoms with Gasteiger partial charge in [-0.3, -0.25) is 4.79 Å². The first kappa shape index (κ1) is 18.0. The number of hydrogen-bond acceptors (Lipinski definition) is 4. The van der Waals surface area contributed by atoms with Gasteiger partial charge in [-0.2, -0.15) is 5.26 Å². The maximum Gasteiger partial charge on any atom is 0.256 e. The molecule has 0 unspecified atom stereocenters. The van der Waals surface area contributed by atoms with Crippen molar-refractivity contribution in [3.8, 4) is 11.8 Å². The molecule has 5 heteroatoms. The summed E-state index contributed by atoms with van der Waals surface area (Å²) in [5, 5.41) is 12.7. The minimum Gasteiger partial charge on any atom is -0.494 e. The number of amides is 1. The van der Waals surface area contributed by atoms with Crippen LogP contribution in [0.3, 0.4) is 0 Å². The van der Waals surface area contributed by atoms with Crippen molar-refractivity contribution in [1.29, 1.82) is 5.26 Å². The third kappa shape index (κ3) is 4.36. The normalized spacial score (nSPS) is 10.2. The smallest absolute Gasteiger partial charge is 0.256 e. The Morgan fingerprint density at radius 2 is 1.96 bits per heavy atom. The van der Waals surface area contributed by atoms with Gasteiger partial charge >= 0.3 is 0 Å². The molecule has 0 atom stereocenters. The highest BCUT2D eigenvalue weighted by molar-refractivity contribution is 7.16. The van der Waals surface area contributed by atoms with Crippen molar-refractivity contribution in [3.63, 3.8) is 0 Å². The second-order valence-corrected chi connectivity index (χ2v) is 6.86. The van der Waals surface area contributed by atoms with Gasteiger partial charge in [0.25, 0.3) is 5.91 Å². The van der Waals surface area contributed by atoms with E-state index in [0.717, 1.165) is 35.5 Å². The Labute approximate surface area is 147 Å². The van der Waals surface area contributed by atoms with Gasteiger partial charge in [-0.15, -0.1) is 11.3 Å². The molecule has 126 valence electrons. The number of aryl methyl sites for hydroxylation is 1. The van der Waals surface area contributed by atoms with Gasteiger partial charge in [-0.05, 0) is 50.1 Å². The van der Waals surface area contributed by atoms with Crippen molar-refractivity contribution >= 4 is 22.2 Å². The van der Waals surface area contributed by atoms with E-state index < -0.39 is 0 Å². The van der Waals surface area contributed by atoms with Crippen molar-refractivity contribution in [2.24, 2.45) is 0 Å². The van der Waals surface area contributed by atoms with E-state index in [0.29, 0.717) is 22.7 Å². The van der Waals surface area contributed by atoms with Gasteiger partial charge in [0.1, 0.15) is 16.8 Å². The Morgan fingerprint density at radius 1 is 1.25 bits per heavy atom. The molecule has 0 aliphatic heterocycles. The lowest BCUT2D eigenvalue weighted by molar-refractivity contribution is 0.102. The molecule has 1 aromatic heterocycles. The molecule has 0 bridgehead atoms. The van der Waals surface area contributed by atoms with Crippen LogP contribution in [0.1, 0.15) is 52.5 Å². The summed E-state index contributed by atoms with van der Waals surface area (Å²) in [5.74, 6) is 0.550. The number of nitrogens with zero attached hydrogens (tertiary/aromatic N) is 1. The monoisotopic (exact) mass is 342 g/mol. The number of benzene rings is 1. The zero-order chi connectivity index (χ0) is 17.5. The summed E-state index contributed by atoms with van der Waals surface area (Å²) in [6.07, 6.45) is 3.35. The first-order valence-electron chi connectivity index (χ1n) is 8.11. The molecule has 0 saturated heterocycles. The number of thiophene rings is 1. The standard InChI is InChI=1S/C19H22N2O2S/c1-4-5-6-11-23-16-9-7-15(8-10-16)18(22)21-19-17(12-20)13(2)14(3)24-19/h7-10H,4-6,11H2,1-3H3,(H,21,22). The molecule has 2 aromatic rings. The molecule has 1 amide bonds. The lowest BCUT2D eigenvalue weighted by Crippen LogP contribution is -2.11. The predicted octanol–water partition coefficient (Wildman–Crippen LogP) is 5.06. The van der Waals surface area contributed by atoms with Crippen LogP contribution in [0.5, 0.6) is 5.75 Å². The fourth-order valence-corrected chi connectivity index (χ4v) is 3.28. The summed E-state index contributed by atoms with van der Waals surface area (Å²) in [5.41, 5.74) is 2.01. The molecule has 0 aliphatic carbocycles. The SMILES string of the molecule is CCCCCOc1ccc(C(=O)Nc2sc(C)c(C)c2C#N)cc1. The first-order valence-corrected chi connectivity index (χ1v) is 8.92. The van der Waals surface area contributed by atoms with Gasteiger partial charge in [0.2, 0.25) is 0 Å². The second kappa shape index (κ2) is 8.51. The van der Waals surface area contributed by atoms with Crippen LogP contribution in [0.25, 0.3) is 0 Å². The van der Waals surface area contributed by atoms with E-state index >= 15 is 0 Å². The summed E-state index contributed by atoms with van der Waals surface area (Å²) < 4.78 is 5.64. The van der Waals surface area contributed by atoms with Crippen LogP contribution in [0.15, 0.2) is 24.3 Å². The summed E-state index contributed by atoms with van der Waals surface area (Å²) in [7, 11) is 0. The molecule has 1 heterocycles. The number of unbranched alkanes of at least 4 members (excludes halogenated alkanes) is 2. The second-order valence-electron chi connectivity index (χ2n) is 5.63. The fraction of sp³-hybridized carbons (Fsp3) is 0.368. The number of anilines is 1. The van der Waals surface area contributed by atoms with Gasteiger partial charge in [-0.25, -0.2) is 0 Å². The molecule has 0 aliphatic rings. The Morgan fingerprint density at radius 3 is 2.58 bits per heavy atom. The maximum atomic E-state index is 12.4. The van der Waals surface area contributed by atoms with Crippen LogP contribution in [0.2, 0.25) is 0 Å². The predicted molar refractivity (Wildman–Crippen MR) is 97.9 cm³/mol. The molecule has 1 N–H and O–H groups in total. The Hall–Kier alpha value is -2.32. The van der Waals surface area contributed by atoms with E-state index in [1.54, 1.807) is 24.3 Å². The summed E-state index contributed by atoms with van der Waals surface area (Å²) in [4.78, 5) is 13.4. The zero-order valence-electron chi connectivity index (χ0n) is 14.3. The van der Waals surface area contributed by atoms with E-state index in [1.165, 1.54) is 11.3 Å². The molecule has 1 aromatic carbocycles. The van der Waals surface area contributed by atoms with Crippen LogP contribution in [-0.2, 0) is 0 Å². The molecule has 2 rings (SSSR count). The molecule has 24 heavy (non-hydrogen) atoms. The average Bonchev–Trinajstić information content (AvgIpc) is 2.85. The van der Waals surface area contributed by atoms with E-state index in [1.807, 2.05) is 13.8 Å². The van der Waals surface area contributed by atoms with Crippen LogP contribution >= 0.6 is 11.3 Å². The van der Waals surface area contributed by atoms with E-state index in [2.05, 4.69) is 18.3 Å². The molecule has 0 radical (unpaired) electrons. The van der Waals surface area contributed by atoms with E-state index in [9.17, 15) is 10.1 Å². The van der Waals surface area contributed by atoms with Crippen molar-refractivity contribution < 1.29 is 9.53 Å². The topological polar surface area (TPSA) is 62.1 Å². The highest BCUT2D eigenvalue weighted by atomic mass is 32.1. The number of hydrogen-bond donors (Lipinski definition) is 1. The Bertz CT molecular complexity index is 742. The summed E-state index contributed by atoms with van der Waals surface area (Å²) in [6, 6.07) is 9.24. The van der Waals surface area contributed by atoms with E-state index in [4.69, 9.17) is 4.74 Å². The van der Waals surface area contributed by atoms with Gasteiger partial charge in [0.05, 0.1) is 12.2 Å². The molecule has 0 fully saturated rings. The van der Waals surface area contributed by atoms with Crippen LogP contribution in [-0.4, -0.2) is 12.5 Å². The van der Waals surface area contributed by atoms with Gasteiger partial charge < -0.3 is 10.1 Å².